The van der Waals surface area contributed by atoms with E-state index in [-0.39, 0.29) is 35.3 Å². The van der Waals surface area contributed by atoms with Crippen LogP contribution in [0.4, 0.5) is 4.39 Å². The maximum absolute atomic E-state index is 13.5. The van der Waals surface area contributed by atoms with E-state index in [2.05, 4.69) is 20.6 Å². The lowest BCUT2D eigenvalue weighted by molar-refractivity contribution is 0.0904. The van der Waals surface area contributed by atoms with Crippen LogP contribution in [-0.4, -0.2) is 50.7 Å². The fourth-order valence-corrected chi connectivity index (χ4v) is 4.95. The number of amides is 2. The minimum Gasteiger partial charge on any atom is -0.504 e. The zero-order valence-corrected chi connectivity index (χ0v) is 21.8. The molecule has 1 fully saturated rings. The first kappa shape index (κ1) is 27.4. The molecule has 8 nitrogen and oxygen atoms in total. The monoisotopic (exact) mass is 522 g/mol. The van der Waals surface area contributed by atoms with Crippen LogP contribution in [-0.2, 0) is 6.42 Å². The van der Waals surface area contributed by atoms with Crippen LogP contribution in [0.15, 0.2) is 36.5 Å². The third-order valence-electron chi connectivity index (χ3n) is 7.31. The molecule has 4 N–H and O–H groups in total. The number of aromatic hydroxyl groups is 1. The van der Waals surface area contributed by atoms with E-state index in [1.165, 1.54) is 18.6 Å². The average Bonchev–Trinajstić information content (AvgIpc) is 2.93. The molecular weight excluding hydrogens is 487 g/mol. The van der Waals surface area contributed by atoms with Crippen LogP contribution in [0.3, 0.4) is 0 Å². The minimum atomic E-state index is -0.743. The van der Waals surface area contributed by atoms with Crippen LogP contribution < -0.4 is 10.6 Å². The lowest BCUT2D eigenvalue weighted by atomic mass is 9.84. The van der Waals surface area contributed by atoms with Crippen molar-refractivity contribution in [3.8, 4) is 5.75 Å². The number of nitrogens with one attached hydrogen (secondary N) is 2. The zero-order valence-electron chi connectivity index (χ0n) is 21.8. The predicted octanol–water partition coefficient (Wildman–Crippen LogP) is 4.26. The highest BCUT2D eigenvalue weighted by Gasteiger charge is 2.27. The molecular formula is C29H35FN4O4. The third kappa shape index (κ3) is 6.45. The molecule has 1 aliphatic carbocycles. The number of benzene rings is 1. The van der Waals surface area contributed by atoms with E-state index in [4.69, 9.17) is 0 Å². The molecule has 1 aliphatic rings. The summed E-state index contributed by atoms with van der Waals surface area (Å²) in [6.45, 7) is 3.75. The second-order valence-electron chi connectivity index (χ2n) is 10.1. The van der Waals surface area contributed by atoms with Gasteiger partial charge in [0.1, 0.15) is 17.0 Å². The Hall–Kier alpha value is -3.59. The molecule has 0 bridgehead atoms. The summed E-state index contributed by atoms with van der Waals surface area (Å²) in [6.07, 6.45) is 7.25. The number of hydrogen-bond acceptors (Lipinski definition) is 6. The van der Waals surface area contributed by atoms with Gasteiger partial charge in [-0.05, 0) is 67.9 Å². The van der Waals surface area contributed by atoms with Gasteiger partial charge in [-0.25, -0.2) is 9.37 Å². The molecule has 2 heterocycles. The Balaban J connectivity index is 1.71. The van der Waals surface area contributed by atoms with E-state index >= 15 is 0 Å². The molecule has 3 aromatic rings. The van der Waals surface area contributed by atoms with Crippen molar-refractivity contribution in [3.63, 3.8) is 0 Å². The van der Waals surface area contributed by atoms with Crippen LogP contribution in [0.5, 0.6) is 5.75 Å². The molecule has 0 saturated heterocycles. The molecule has 1 unspecified atom stereocenters. The number of hydrogen-bond donors (Lipinski definition) is 4. The Labute approximate surface area is 221 Å². The number of carbonyl (C=O) groups excluding carboxylic acids is 2. The minimum absolute atomic E-state index is 0.00453. The molecule has 38 heavy (non-hydrogen) atoms. The summed E-state index contributed by atoms with van der Waals surface area (Å²) in [4.78, 5) is 35.1. The number of halogens is 1. The van der Waals surface area contributed by atoms with Crippen molar-refractivity contribution in [3.05, 3.63) is 64.9 Å². The lowest BCUT2D eigenvalue weighted by Gasteiger charge is -2.28. The fourth-order valence-electron chi connectivity index (χ4n) is 4.95. The number of pyridine rings is 2. The van der Waals surface area contributed by atoms with Gasteiger partial charge in [0, 0.05) is 24.2 Å². The van der Waals surface area contributed by atoms with Gasteiger partial charge in [0.15, 0.2) is 11.4 Å². The van der Waals surface area contributed by atoms with Crippen molar-refractivity contribution in [2.24, 2.45) is 5.92 Å². The molecule has 4 rings (SSSR count). The smallest absolute Gasteiger partial charge is 0.273 e. The summed E-state index contributed by atoms with van der Waals surface area (Å²) in [5.74, 6) is -1.56. The Kier molecular flexibility index (Phi) is 8.89. The predicted molar refractivity (Wildman–Crippen MR) is 143 cm³/mol. The number of aliphatic hydroxyl groups is 1. The van der Waals surface area contributed by atoms with E-state index in [0.29, 0.717) is 24.1 Å². The Morgan fingerprint density at radius 3 is 2.47 bits per heavy atom. The highest BCUT2D eigenvalue weighted by molar-refractivity contribution is 6.09. The Morgan fingerprint density at radius 1 is 1.08 bits per heavy atom. The van der Waals surface area contributed by atoms with E-state index in [9.17, 15) is 24.2 Å². The molecule has 9 heteroatoms. The molecule has 202 valence electrons. The van der Waals surface area contributed by atoms with E-state index < -0.39 is 23.7 Å². The molecule has 0 spiro atoms. The zero-order chi connectivity index (χ0) is 27.2. The van der Waals surface area contributed by atoms with Gasteiger partial charge in [-0.15, -0.1) is 0 Å². The van der Waals surface area contributed by atoms with Crippen LogP contribution in [0, 0.1) is 11.7 Å². The molecule has 0 aliphatic heterocycles. The van der Waals surface area contributed by atoms with Gasteiger partial charge in [0.05, 0.1) is 6.10 Å². The number of nitrogens with zero attached hydrogens (tertiary/aromatic N) is 2. The second-order valence-corrected chi connectivity index (χ2v) is 10.1. The van der Waals surface area contributed by atoms with Crippen molar-refractivity contribution >= 4 is 22.7 Å². The molecule has 0 radical (unpaired) electrons. The standard InChI is InChI=1S/C29H35FN4O4/c1-3-22(35)16-32-28(37)26-27(36)24-23(14-19(15-31-24)13-18-9-11-21(30)12-10-18)25(34-26)29(38)33-17(2)20-7-5-4-6-8-20/h9-12,14-15,17,20,22,35-36H,3-8,13,16H2,1-2H3,(H,32,37)(H,33,38)/t17-,22?/m1/s1. The number of aromatic nitrogens is 2. The summed E-state index contributed by atoms with van der Waals surface area (Å²) in [6, 6.07) is 7.74. The van der Waals surface area contributed by atoms with Crippen molar-refractivity contribution < 1.29 is 24.2 Å². The first-order valence-corrected chi connectivity index (χ1v) is 13.3. The van der Waals surface area contributed by atoms with E-state index in [0.717, 1.165) is 36.8 Å². The van der Waals surface area contributed by atoms with Crippen LogP contribution in [0.25, 0.3) is 10.9 Å². The maximum atomic E-state index is 13.5. The number of fused-ring (bicyclic) bond motifs is 1. The van der Waals surface area contributed by atoms with Gasteiger partial charge >= 0.3 is 0 Å². The summed E-state index contributed by atoms with van der Waals surface area (Å²) < 4.78 is 13.3. The van der Waals surface area contributed by atoms with Crippen molar-refractivity contribution in [2.75, 3.05) is 6.54 Å². The number of aliphatic hydroxyl groups excluding tert-OH is 1. The van der Waals surface area contributed by atoms with Crippen LogP contribution in [0.2, 0.25) is 0 Å². The van der Waals surface area contributed by atoms with Gasteiger partial charge < -0.3 is 20.8 Å². The molecule has 2 aromatic heterocycles. The quantitative estimate of drug-likeness (QED) is 0.333. The lowest BCUT2D eigenvalue weighted by Crippen LogP contribution is -2.39. The molecule has 1 saturated carbocycles. The SMILES string of the molecule is CCC(O)CNC(=O)c1nc(C(=O)N[C@H](C)C2CCCCC2)c2cc(Cc3ccc(F)cc3)cnc2c1O. The van der Waals surface area contributed by atoms with Gasteiger partial charge in [0.25, 0.3) is 11.8 Å². The van der Waals surface area contributed by atoms with E-state index in [1.807, 2.05) is 6.92 Å². The summed E-state index contributed by atoms with van der Waals surface area (Å²) in [7, 11) is 0. The van der Waals surface area contributed by atoms with E-state index in [1.54, 1.807) is 31.3 Å². The van der Waals surface area contributed by atoms with Gasteiger partial charge in [0.2, 0.25) is 0 Å². The largest absolute Gasteiger partial charge is 0.504 e. The maximum Gasteiger partial charge on any atom is 0.273 e. The topological polar surface area (TPSA) is 124 Å². The summed E-state index contributed by atoms with van der Waals surface area (Å²) >= 11 is 0. The molecule has 1 aromatic carbocycles. The Morgan fingerprint density at radius 2 is 1.79 bits per heavy atom. The van der Waals surface area contributed by atoms with Crippen LogP contribution in [0.1, 0.15) is 84.5 Å². The van der Waals surface area contributed by atoms with Gasteiger partial charge in [-0.2, -0.15) is 0 Å². The fraction of sp³-hybridized carbons (Fsp3) is 0.448. The molecule has 2 atom stereocenters. The van der Waals surface area contributed by atoms with Gasteiger partial charge in [-0.3, -0.25) is 14.6 Å². The van der Waals surface area contributed by atoms with Crippen molar-refractivity contribution in [1.82, 2.24) is 20.6 Å². The Bertz CT molecular complexity index is 1290. The number of carbonyl (C=O) groups is 2. The highest BCUT2D eigenvalue weighted by Crippen LogP contribution is 2.30. The summed E-state index contributed by atoms with van der Waals surface area (Å²) in [5, 5.41) is 26.7. The van der Waals surface area contributed by atoms with Crippen LogP contribution >= 0.6 is 0 Å². The van der Waals surface area contributed by atoms with Crippen molar-refractivity contribution in [1.29, 1.82) is 0 Å². The summed E-state index contributed by atoms with van der Waals surface area (Å²) in [5.41, 5.74) is 1.35. The normalized spacial score (nSPS) is 15.7. The first-order chi connectivity index (χ1) is 18.3. The highest BCUT2D eigenvalue weighted by atomic mass is 19.1. The average molecular weight is 523 g/mol. The van der Waals surface area contributed by atoms with Crippen molar-refractivity contribution in [2.45, 2.75) is 70.9 Å². The first-order valence-electron chi connectivity index (χ1n) is 13.3. The number of rotatable bonds is 9. The molecule has 2 amide bonds. The van der Waals surface area contributed by atoms with Gasteiger partial charge in [-0.1, -0.05) is 38.3 Å². The third-order valence-corrected chi connectivity index (χ3v) is 7.31. The second kappa shape index (κ2) is 12.3.